The van der Waals surface area contributed by atoms with Gasteiger partial charge in [0.05, 0.1) is 0 Å². The Balaban J connectivity index is 1.61. The average Bonchev–Trinajstić information content (AvgIpc) is 2.85. The summed E-state index contributed by atoms with van der Waals surface area (Å²) in [6.45, 7) is 0. The molecular weight excluding hydrogens is 431 g/mol. The van der Waals surface area contributed by atoms with Gasteiger partial charge in [0.2, 0.25) is 0 Å². The molecule has 0 bridgehead atoms. The summed E-state index contributed by atoms with van der Waals surface area (Å²) in [5, 5.41) is 0. The van der Waals surface area contributed by atoms with E-state index in [1.54, 1.807) is 12.2 Å². The first kappa shape index (κ1) is 22.8. The highest BCUT2D eigenvalue weighted by Gasteiger charge is 2.31. The molecule has 2 unspecified atom stereocenters. The van der Waals surface area contributed by atoms with Crippen molar-refractivity contribution in [2.75, 3.05) is 0 Å². The smallest absolute Gasteiger partial charge is 0.399 e. The maximum atomic E-state index is 13.2. The van der Waals surface area contributed by atoms with E-state index in [1.807, 2.05) is 109 Å². The average molecular weight is 458 g/mol. The molecule has 0 aromatic heterocycles. The Bertz CT molecular complexity index is 1070. The van der Waals surface area contributed by atoms with E-state index < -0.39 is 7.82 Å². The predicted molar refractivity (Wildman–Crippen MR) is 134 cm³/mol. The number of allylic oxidation sites excluding steroid dienone is 8. The summed E-state index contributed by atoms with van der Waals surface area (Å²) >= 11 is 0. The van der Waals surface area contributed by atoms with Crippen LogP contribution in [0.1, 0.15) is 24.0 Å². The molecule has 0 radical (unpaired) electrons. The van der Waals surface area contributed by atoms with Crippen molar-refractivity contribution in [1.29, 1.82) is 0 Å². The molecule has 0 amide bonds. The quantitative estimate of drug-likeness (QED) is 0.329. The van der Waals surface area contributed by atoms with Crippen molar-refractivity contribution < 1.29 is 18.5 Å². The van der Waals surface area contributed by atoms with Gasteiger partial charge in [0.15, 0.2) is 0 Å². The molecular formula is C28H27O4P. The van der Waals surface area contributed by atoms with Crippen LogP contribution >= 0.6 is 7.82 Å². The first-order valence-electron chi connectivity index (χ1n) is 11.0. The van der Waals surface area contributed by atoms with Crippen molar-refractivity contribution in [3.05, 3.63) is 132 Å². The molecule has 5 heteroatoms. The molecule has 2 aliphatic rings. The van der Waals surface area contributed by atoms with E-state index in [9.17, 15) is 9.46 Å². The maximum absolute atomic E-state index is 13.2. The van der Waals surface area contributed by atoms with Crippen molar-refractivity contribution in [2.24, 2.45) is 11.8 Å². The van der Waals surface area contributed by atoms with Gasteiger partial charge < -0.3 is 9.05 Å². The summed E-state index contributed by atoms with van der Waals surface area (Å²) in [5.41, 5.74) is 1.77. The van der Waals surface area contributed by atoms with Gasteiger partial charge in [-0.1, -0.05) is 109 Å². The number of hydrogen-bond donors (Lipinski definition) is 1. The highest BCUT2D eigenvalue weighted by atomic mass is 31.2. The zero-order valence-corrected chi connectivity index (χ0v) is 19.1. The highest BCUT2D eigenvalue weighted by molar-refractivity contribution is 7.47. The first-order valence-corrected chi connectivity index (χ1v) is 12.5. The summed E-state index contributed by atoms with van der Waals surface area (Å²) in [6, 6.07) is 19.2. The van der Waals surface area contributed by atoms with E-state index in [0.717, 1.165) is 11.1 Å². The van der Waals surface area contributed by atoms with Gasteiger partial charge in [-0.2, -0.15) is 0 Å². The van der Waals surface area contributed by atoms with Crippen LogP contribution in [0.25, 0.3) is 12.2 Å². The molecule has 0 saturated carbocycles. The number of rotatable bonds is 8. The van der Waals surface area contributed by atoms with Gasteiger partial charge >= 0.3 is 7.82 Å². The van der Waals surface area contributed by atoms with Crippen molar-refractivity contribution >= 4 is 20.0 Å². The maximum Gasteiger partial charge on any atom is 0.584 e. The van der Waals surface area contributed by atoms with Gasteiger partial charge in [0.25, 0.3) is 0 Å². The molecule has 0 fully saturated rings. The fourth-order valence-corrected chi connectivity index (χ4v) is 4.64. The van der Waals surface area contributed by atoms with Crippen LogP contribution in [0.15, 0.2) is 121 Å². The SMILES string of the molecule is O=P(O)(O/C(=C\c1ccccc1)C1C=CC=CC1)O/C(=C\c1ccccc1)C1C=CC=CC1. The van der Waals surface area contributed by atoms with Gasteiger partial charge in [-0.15, -0.1) is 0 Å². The first-order chi connectivity index (χ1) is 16.1. The Morgan fingerprint density at radius 2 is 1.15 bits per heavy atom. The van der Waals surface area contributed by atoms with E-state index in [2.05, 4.69) is 0 Å². The molecule has 4 nitrogen and oxygen atoms in total. The Kier molecular flexibility index (Phi) is 7.62. The zero-order chi connectivity index (χ0) is 22.9. The highest BCUT2D eigenvalue weighted by Crippen LogP contribution is 2.51. The lowest BCUT2D eigenvalue weighted by atomic mass is 9.97. The molecule has 0 spiro atoms. The molecule has 4 rings (SSSR count). The topological polar surface area (TPSA) is 55.8 Å². The third kappa shape index (κ3) is 6.82. The van der Waals surface area contributed by atoms with Crippen molar-refractivity contribution in [3.63, 3.8) is 0 Å². The van der Waals surface area contributed by atoms with Crippen LogP contribution < -0.4 is 0 Å². The van der Waals surface area contributed by atoms with Gasteiger partial charge in [-0.05, 0) is 36.1 Å². The molecule has 2 aromatic rings. The van der Waals surface area contributed by atoms with Crippen LogP contribution in [-0.2, 0) is 13.6 Å². The molecule has 2 atom stereocenters. The third-order valence-corrected chi connectivity index (χ3v) is 6.23. The fraction of sp³-hybridized carbons (Fsp3) is 0.143. The summed E-state index contributed by atoms with van der Waals surface area (Å²) in [5.74, 6) is 0.480. The van der Waals surface area contributed by atoms with E-state index in [4.69, 9.17) is 9.05 Å². The summed E-state index contributed by atoms with van der Waals surface area (Å²) in [4.78, 5) is 10.8. The normalized spacial score (nSPS) is 22.1. The molecule has 0 heterocycles. The van der Waals surface area contributed by atoms with Crippen molar-refractivity contribution in [1.82, 2.24) is 0 Å². The van der Waals surface area contributed by atoms with Gasteiger partial charge in [-0.3, -0.25) is 4.89 Å². The summed E-state index contributed by atoms with van der Waals surface area (Å²) in [7, 11) is -4.46. The number of hydrogen-bond acceptors (Lipinski definition) is 3. The fourth-order valence-electron chi connectivity index (χ4n) is 3.70. The van der Waals surface area contributed by atoms with Crippen LogP contribution in [0.3, 0.4) is 0 Å². The third-order valence-electron chi connectivity index (χ3n) is 5.35. The Hall–Kier alpha value is -3.33. The second-order valence-electron chi connectivity index (χ2n) is 7.88. The number of phosphoric ester groups is 1. The largest absolute Gasteiger partial charge is 0.584 e. The lowest BCUT2D eigenvalue weighted by Crippen LogP contribution is -2.09. The van der Waals surface area contributed by atoms with E-state index >= 15 is 0 Å². The molecule has 168 valence electrons. The molecule has 2 aromatic carbocycles. The minimum atomic E-state index is -4.46. The monoisotopic (exact) mass is 458 g/mol. The van der Waals surface area contributed by atoms with Crippen molar-refractivity contribution in [2.45, 2.75) is 12.8 Å². The van der Waals surface area contributed by atoms with Crippen LogP contribution in [0.2, 0.25) is 0 Å². The number of phosphoric acid groups is 1. The standard InChI is InChI=1S/C28H27O4P/c29-33(30,31-27(25-17-9-3-10-18-25)21-23-13-5-1-6-14-23)32-28(26-19-11-4-12-20-26)22-24-15-7-2-8-16-24/h1-17,19,21-22,25-26H,18,20H2,(H,29,30)/b27-21-,28-22-. The van der Waals surface area contributed by atoms with Crippen LogP contribution in [0.4, 0.5) is 0 Å². The Morgan fingerprint density at radius 3 is 1.52 bits per heavy atom. The van der Waals surface area contributed by atoms with Crippen LogP contribution in [0, 0.1) is 11.8 Å². The Morgan fingerprint density at radius 1 is 0.727 bits per heavy atom. The van der Waals surface area contributed by atoms with Gasteiger partial charge in [0, 0.05) is 11.8 Å². The van der Waals surface area contributed by atoms with Crippen LogP contribution in [0.5, 0.6) is 0 Å². The second kappa shape index (κ2) is 11.0. The van der Waals surface area contributed by atoms with Gasteiger partial charge in [-0.25, -0.2) is 4.57 Å². The Labute approximate surface area is 195 Å². The minimum absolute atomic E-state index is 0.154. The molecule has 0 aliphatic heterocycles. The second-order valence-corrected chi connectivity index (χ2v) is 9.18. The minimum Gasteiger partial charge on any atom is -0.399 e. The van der Waals surface area contributed by atoms with E-state index in [0.29, 0.717) is 24.4 Å². The lowest BCUT2D eigenvalue weighted by molar-refractivity contribution is 0.197. The zero-order valence-electron chi connectivity index (χ0n) is 18.2. The van der Waals surface area contributed by atoms with Gasteiger partial charge in [0.1, 0.15) is 11.5 Å². The van der Waals surface area contributed by atoms with Crippen LogP contribution in [-0.4, -0.2) is 4.89 Å². The van der Waals surface area contributed by atoms with Crippen molar-refractivity contribution in [3.8, 4) is 0 Å². The lowest BCUT2D eigenvalue weighted by Gasteiger charge is -2.24. The predicted octanol–water partition coefficient (Wildman–Crippen LogP) is 7.47. The molecule has 2 aliphatic carbocycles. The summed E-state index contributed by atoms with van der Waals surface area (Å²) < 4.78 is 24.7. The van der Waals surface area contributed by atoms with E-state index in [-0.39, 0.29) is 11.8 Å². The van der Waals surface area contributed by atoms with E-state index in [1.165, 1.54) is 0 Å². The summed E-state index contributed by atoms with van der Waals surface area (Å²) in [6.07, 6.45) is 20.6. The molecule has 33 heavy (non-hydrogen) atoms. The number of benzene rings is 2. The molecule has 1 N–H and O–H groups in total. The molecule has 0 saturated heterocycles.